The Labute approximate surface area is 191 Å². The van der Waals surface area contributed by atoms with Crippen LogP contribution in [0.25, 0.3) is 11.3 Å². The summed E-state index contributed by atoms with van der Waals surface area (Å²) in [6, 6.07) is 10.3. The van der Waals surface area contributed by atoms with E-state index in [4.69, 9.17) is 5.73 Å². The van der Waals surface area contributed by atoms with Gasteiger partial charge in [-0.3, -0.25) is 4.79 Å². The molecule has 0 fully saturated rings. The Hall–Kier alpha value is -4.00. The van der Waals surface area contributed by atoms with E-state index in [1.165, 1.54) is 18.3 Å². The van der Waals surface area contributed by atoms with E-state index in [2.05, 4.69) is 35.6 Å². The van der Waals surface area contributed by atoms with Crippen molar-refractivity contribution < 1.29 is 27.1 Å². The number of hydrogen-bond acceptors (Lipinski definition) is 8. The van der Waals surface area contributed by atoms with Crippen LogP contribution in [0.2, 0.25) is 0 Å². The van der Waals surface area contributed by atoms with Crippen LogP contribution in [-0.2, 0) is 4.79 Å². The van der Waals surface area contributed by atoms with Crippen molar-refractivity contribution in [3.05, 3.63) is 54.9 Å². The van der Waals surface area contributed by atoms with Crippen LogP contribution in [0, 0.1) is 0 Å². The normalized spacial score (nSPS) is 11.2. The topological polar surface area (TPSA) is 127 Å². The standard InChI is InChI=1S/C21H21F4N7O2/c22-19(23)21(24,25)34-15-3-1-2-14(11-15)31-20-30-7-5-16(32-20)13-4-6-27-17(10-13)28-8-9-29-18(33)12-26/h1-7,10-11,19H,8-9,12,26H2,(H,27,28)(H,29,33)(H,30,31,32). The zero-order chi connectivity index (χ0) is 24.6. The summed E-state index contributed by atoms with van der Waals surface area (Å²) in [6.45, 7) is 0.717. The molecule has 0 bridgehead atoms. The second-order valence-electron chi connectivity index (χ2n) is 6.79. The molecule has 0 saturated heterocycles. The molecular formula is C21H21F4N7O2. The maximum absolute atomic E-state index is 13.2. The van der Waals surface area contributed by atoms with Crippen LogP contribution in [0.5, 0.6) is 5.75 Å². The zero-order valence-corrected chi connectivity index (χ0v) is 17.6. The molecule has 180 valence electrons. The van der Waals surface area contributed by atoms with E-state index in [9.17, 15) is 22.4 Å². The van der Waals surface area contributed by atoms with Crippen molar-refractivity contribution in [2.45, 2.75) is 12.5 Å². The SMILES string of the molecule is NCC(=O)NCCNc1cc(-c2ccnc(Nc3cccc(OC(F)(F)C(F)F)c3)n2)ccn1. The van der Waals surface area contributed by atoms with Crippen molar-refractivity contribution in [1.82, 2.24) is 20.3 Å². The van der Waals surface area contributed by atoms with Gasteiger partial charge in [0.05, 0.1) is 12.2 Å². The highest BCUT2D eigenvalue weighted by Crippen LogP contribution is 2.29. The van der Waals surface area contributed by atoms with E-state index >= 15 is 0 Å². The molecule has 0 aliphatic heterocycles. The maximum Gasteiger partial charge on any atom is 0.461 e. The van der Waals surface area contributed by atoms with Crippen molar-refractivity contribution in [2.75, 3.05) is 30.3 Å². The molecule has 9 nitrogen and oxygen atoms in total. The highest BCUT2D eigenvalue weighted by Gasteiger charge is 2.44. The Bertz CT molecular complexity index is 1120. The smallest absolute Gasteiger partial charge is 0.428 e. The van der Waals surface area contributed by atoms with E-state index in [0.717, 1.165) is 12.1 Å². The molecule has 0 spiro atoms. The minimum atomic E-state index is -4.61. The first-order valence-electron chi connectivity index (χ1n) is 9.99. The Morgan fingerprint density at radius 2 is 1.88 bits per heavy atom. The van der Waals surface area contributed by atoms with Gasteiger partial charge in [-0.15, -0.1) is 0 Å². The van der Waals surface area contributed by atoms with Crippen molar-refractivity contribution in [1.29, 1.82) is 0 Å². The number of nitrogens with two attached hydrogens (primary N) is 1. The van der Waals surface area contributed by atoms with Gasteiger partial charge < -0.3 is 26.4 Å². The second-order valence-corrected chi connectivity index (χ2v) is 6.79. The molecule has 2 aromatic heterocycles. The predicted octanol–water partition coefficient (Wildman–Crippen LogP) is 3.01. The fourth-order valence-electron chi connectivity index (χ4n) is 2.70. The van der Waals surface area contributed by atoms with Gasteiger partial charge in [0.2, 0.25) is 11.9 Å². The van der Waals surface area contributed by atoms with E-state index in [-0.39, 0.29) is 24.1 Å². The molecule has 34 heavy (non-hydrogen) atoms. The maximum atomic E-state index is 13.2. The fraction of sp³-hybridized carbons (Fsp3) is 0.238. The van der Waals surface area contributed by atoms with Crippen LogP contribution < -0.4 is 26.4 Å². The van der Waals surface area contributed by atoms with Gasteiger partial charge in [-0.05, 0) is 30.3 Å². The Balaban J connectivity index is 1.68. The van der Waals surface area contributed by atoms with Crippen molar-refractivity contribution >= 4 is 23.4 Å². The molecule has 2 heterocycles. The summed E-state index contributed by atoms with van der Waals surface area (Å²) in [5.74, 6) is -0.00756. The number of hydrogen-bond donors (Lipinski definition) is 4. The Kier molecular flexibility index (Phi) is 8.14. The first-order chi connectivity index (χ1) is 16.3. The van der Waals surface area contributed by atoms with Crippen molar-refractivity contribution in [2.24, 2.45) is 5.73 Å². The Morgan fingerprint density at radius 1 is 1.09 bits per heavy atom. The van der Waals surface area contributed by atoms with Crippen molar-refractivity contribution in [3.8, 4) is 17.0 Å². The monoisotopic (exact) mass is 479 g/mol. The Morgan fingerprint density at radius 3 is 2.65 bits per heavy atom. The number of carbonyl (C=O) groups excluding carboxylic acids is 1. The van der Waals surface area contributed by atoms with Crippen molar-refractivity contribution in [3.63, 3.8) is 0 Å². The number of anilines is 3. The first-order valence-corrected chi connectivity index (χ1v) is 9.99. The molecule has 0 saturated carbocycles. The zero-order valence-electron chi connectivity index (χ0n) is 17.6. The van der Waals surface area contributed by atoms with Crippen LogP contribution in [-0.4, -0.2) is 53.0 Å². The third-order valence-electron chi connectivity index (χ3n) is 4.25. The summed E-state index contributed by atoms with van der Waals surface area (Å²) >= 11 is 0. The molecule has 0 aliphatic rings. The number of alkyl halides is 4. The number of rotatable bonds is 11. The number of amides is 1. The lowest BCUT2D eigenvalue weighted by molar-refractivity contribution is -0.253. The van der Waals surface area contributed by atoms with Gasteiger partial charge in [-0.2, -0.15) is 17.6 Å². The number of carbonyl (C=O) groups is 1. The van der Waals surface area contributed by atoms with Crippen LogP contribution >= 0.6 is 0 Å². The molecule has 0 unspecified atom stereocenters. The number of ether oxygens (including phenoxy) is 1. The summed E-state index contributed by atoms with van der Waals surface area (Å²) in [7, 11) is 0. The minimum absolute atomic E-state index is 0.0860. The van der Waals surface area contributed by atoms with Gasteiger partial charge >= 0.3 is 12.5 Å². The molecule has 1 amide bonds. The third-order valence-corrected chi connectivity index (χ3v) is 4.25. The van der Waals surface area contributed by atoms with Crippen LogP contribution in [0.15, 0.2) is 54.9 Å². The number of benzene rings is 1. The van der Waals surface area contributed by atoms with Gasteiger partial charge in [0.1, 0.15) is 11.6 Å². The van der Waals surface area contributed by atoms with E-state index < -0.39 is 18.3 Å². The van der Waals surface area contributed by atoms with Gasteiger partial charge in [0.25, 0.3) is 0 Å². The van der Waals surface area contributed by atoms with Gasteiger partial charge in [0, 0.05) is 42.8 Å². The highest BCUT2D eigenvalue weighted by molar-refractivity contribution is 5.77. The molecule has 5 N–H and O–H groups in total. The molecule has 13 heteroatoms. The van der Waals surface area contributed by atoms with Gasteiger partial charge in [-0.25, -0.2) is 15.0 Å². The molecule has 0 atom stereocenters. The van der Waals surface area contributed by atoms with Gasteiger partial charge in [-0.1, -0.05) is 6.07 Å². The molecule has 3 aromatic rings. The van der Waals surface area contributed by atoms with Crippen LogP contribution in [0.3, 0.4) is 0 Å². The number of halogens is 4. The number of pyridine rings is 1. The van der Waals surface area contributed by atoms with E-state index in [0.29, 0.717) is 30.2 Å². The summed E-state index contributed by atoms with van der Waals surface area (Å²) in [5.41, 5.74) is 6.74. The van der Waals surface area contributed by atoms with E-state index in [1.807, 2.05) is 0 Å². The van der Waals surface area contributed by atoms with Gasteiger partial charge in [0.15, 0.2) is 0 Å². The first kappa shape index (κ1) is 24.6. The average molecular weight is 479 g/mol. The molecule has 1 aromatic carbocycles. The fourth-order valence-corrected chi connectivity index (χ4v) is 2.70. The number of nitrogens with zero attached hydrogens (tertiary/aromatic N) is 3. The molecule has 0 radical (unpaired) electrons. The number of aromatic nitrogens is 3. The lowest BCUT2D eigenvalue weighted by Crippen LogP contribution is -2.33. The minimum Gasteiger partial charge on any atom is -0.428 e. The lowest BCUT2D eigenvalue weighted by Gasteiger charge is -2.17. The summed E-state index contributed by atoms with van der Waals surface area (Å²) in [6.07, 6.45) is -5.51. The van der Waals surface area contributed by atoms with Crippen LogP contribution in [0.4, 0.5) is 35.0 Å². The lowest BCUT2D eigenvalue weighted by atomic mass is 10.2. The molecule has 0 aliphatic carbocycles. The summed E-state index contributed by atoms with van der Waals surface area (Å²) in [5, 5.41) is 8.52. The quantitative estimate of drug-likeness (QED) is 0.244. The highest BCUT2D eigenvalue weighted by atomic mass is 19.3. The molecular weight excluding hydrogens is 458 g/mol. The van der Waals surface area contributed by atoms with Crippen LogP contribution in [0.1, 0.15) is 0 Å². The summed E-state index contributed by atoms with van der Waals surface area (Å²) in [4.78, 5) is 23.8. The molecule has 3 rings (SSSR count). The average Bonchev–Trinajstić information content (AvgIpc) is 2.82. The number of nitrogens with one attached hydrogen (secondary N) is 3. The predicted molar refractivity (Wildman–Crippen MR) is 117 cm³/mol. The second kappa shape index (κ2) is 11.2. The largest absolute Gasteiger partial charge is 0.461 e. The third kappa shape index (κ3) is 7.00. The summed E-state index contributed by atoms with van der Waals surface area (Å²) < 4.78 is 55.2. The van der Waals surface area contributed by atoms with E-state index in [1.54, 1.807) is 24.4 Å².